The van der Waals surface area contributed by atoms with Crippen LogP contribution in [0.25, 0.3) is 0 Å². The quantitative estimate of drug-likeness (QED) is 0.502. The van der Waals surface area contributed by atoms with Gasteiger partial charge in [0.15, 0.2) is 0 Å². The van der Waals surface area contributed by atoms with Gasteiger partial charge in [-0.1, -0.05) is 44.6 Å². The summed E-state index contributed by atoms with van der Waals surface area (Å²) in [4.78, 5) is 10.3. The summed E-state index contributed by atoms with van der Waals surface area (Å²) in [7, 11) is 0. The normalized spacial score (nSPS) is 25.8. The van der Waals surface area contributed by atoms with Crippen molar-refractivity contribution in [2.75, 3.05) is 0 Å². The van der Waals surface area contributed by atoms with E-state index in [1.54, 1.807) is 0 Å². The van der Waals surface area contributed by atoms with Crippen LogP contribution >= 0.6 is 0 Å². The van der Waals surface area contributed by atoms with Gasteiger partial charge >= 0.3 is 0 Å². The molecule has 0 amide bonds. The first-order valence-corrected chi connectivity index (χ1v) is 6.26. The SMILES string of the molecule is CC1=CCC(C/C=C/C(C)CC=O)C1(C)C. The lowest BCUT2D eigenvalue weighted by molar-refractivity contribution is -0.108. The lowest BCUT2D eigenvalue weighted by atomic mass is 9.76. The minimum absolute atomic E-state index is 0.345. The molecular formula is C15H24O. The Kier molecular flexibility index (Phi) is 4.52. The van der Waals surface area contributed by atoms with Crippen molar-refractivity contribution in [2.45, 2.75) is 47.0 Å². The average molecular weight is 220 g/mol. The smallest absolute Gasteiger partial charge is 0.120 e. The largest absolute Gasteiger partial charge is 0.303 e. The molecule has 90 valence electrons. The van der Waals surface area contributed by atoms with Crippen molar-refractivity contribution in [3.05, 3.63) is 23.8 Å². The minimum atomic E-state index is 0.345. The first-order chi connectivity index (χ1) is 7.48. The van der Waals surface area contributed by atoms with E-state index in [0.717, 1.165) is 18.6 Å². The van der Waals surface area contributed by atoms with E-state index >= 15 is 0 Å². The molecule has 0 heterocycles. The van der Waals surface area contributed by atoms with Crippen LogP contribution in [0.3, 0.4) is 0 Å². The van der Waals surface area contributed by atoms with Crippen molar-refractivity contribution in [1.29, 1.82) is 0 Å². The van der Waals surface area contributed by atoms with E-state index in [9.17, 15) is 4.79 Å². The van der Waals surface area contributed by atoms with E-state index < -0.39 is 0 Å². The zero-order valence-electron chi connectivity index (χ0n) is 11.0. The second-order valence-electron chi connectivity index (χ2n) is 5.58. The molecule has 0 saturated heterocycles. The van der Waals surface area contributed by atoms with Crippen molar-refractivity contribution in [2.24, 2.45) is 17.3 Å². The standard InChI is InChI=1S/C15H24O/c1-12(10-11-16)6-5-7-14-9-8-13(2)15(14,3)4/h5-6,8,11-12,14H,7,9-10H2,1-4H3/b6-5+. The number of aldehydes is 1. The Morgan fingerprint density at radius 2 is 2.25 bits per heavy atom. The monoisotopic (exact) mass is 220 g/mol. The third kappa shape index (κ3) is 3.07. The second kappa shape index (κ2) is 5.47. The summed E-state index contributed by atoms with van der Waals surface area (Å²) in [5, 5.41) is 0. The lowest BCUT2D eigenvalue weighted by Gasteiger charge is -2.28. The molecule has 1 aliphatic rings. The molecular weight excluding hydrogens is 196 g/mol. The molecule has 2 unspecified atom stereocenters. The van der Waals surface area contributed by atoms with Gasteiger partial charge in [-0.2, -0.15) is 0 Å². The van der Waals surface area contributed by atoms with E-state index in [0.29, 0.717) is 17.8 Å². The van der Waals surface area contributed by atoms with Crippen LogP contribution in [0.5, 0.6) is 0 Å². The highest BCUT2D eigenvalue weighted by Crippen LogP contribution is 2.44. The fraction of sp³-hybridized carbons (Fsp3) is 0.667. The Balaban J connectivity index is 2.43. The van der Waals surface area contributed by atoms with Gasteiger partial charge in [0, 0.05) is 6.42 Å². The van der Waals surface area contributed by atoms with E-state index in [1.807, 2.05) is 0 Å². The molecule has 0 radical (unpaired) electrons. The number of hydrogen-bond acceptors (Lipinski definition) is 1. The summed E-state index contributed by atoms with van der Waals surface area (Å²) in [6.07, 6.45) is 10.8. The highest BCUT2D eigenvalue weighted by Gasteiger charge is 2.33. The number of carbonyl (C=O) groups excluding carboxylic acids is 1. The van der Waals surface area contributed by atoms with Crippen molar-refractivity contribution >= 4 is 6.29 Å². The van der Waals surface area contributed by atoms with Gasteiger partial charge < -0.3 is 4.79 Å². The summed E-state index contributed by atoms with van der Waals surface area (Å²) in [6.45, 7) is 8.99. The Morgan fingerprint density at radius 3 is 2.75 bits per heavy atom. The maximum absolute atomic E-state index is 10.3. The van der Waals surface area contributed by atoms with Gasteiger partial charge in [0.1, 0.15) is 6.29 Å². The topological polar surface area (TPSA) is 17.1 Å². The lowest BCUT2D eigenvalue weighted by Crippen LogP contribution is -2.19. The van der Waals surface area contributed by atoms with Crippen LogP contribution in [0.15, 0.2) is 23.8 Å². The van der Waals surface area contributed by atoms with Gasteiger partial charge in [0.2, 0.25) is 0 Å². The van der Waals surface area contributed by atoms with Crippen LogP contribution in [-0.2, 0) is 4.79 Å². The van der Waals surface area contributed by atoms with E-state index in [2.05, 4.69) is 45.9 Å². The van der Waals surface area contributed by atoms with Crippen LogP contribution in [0.1, 0.15) is 47.0 Å². The molecule has 0 bridgehead atoms. The van der Waals surface area contributed by atoms with Gasteiger partial charge in [0.25, 0.3) is 0 Å². The van der Waals surface area contributed by atoms with Gasteiger partial charge in [-0.3, -0.25) is 0 Å². The molecule has 1 heteroatoms. The Hall–Kier alpha value is -0.850. The van der Waals surface area contributed by atoms with Crippen molar-refractivity contribution in [3.8, 4) is 0 Å². The molecule has 1 rings (SSSR count). The van der Waals surface area contributed by atoms with Gasteiger partial charge in [-0.25, -0.2) is 0 Å². The van der Waals surface area contributed by atoms with E-state index in [1.165, 1.54) is 12.0 Å². The van der Waals surface area contributed by atoms with Crippen molar-refractivity contribution in [3.63, 3.8) is 0 Å². The molecule has 2 atom stereocenters. The number of rotatable bonds is 5. The highest BCUT2D eigenvalue weighted by atomic mass is 16.1. The molecule has 0 aromatic rings. The van der Waals surface area contributed by atoms with Crippen LogP contribution in [0.4, 0.5) is 0 Å². The van der Waals surface area contributed by atoms with Gasteiger partial charge in [-0.15, -0.1) is 0 Å². The molecule has 16 heavy (non-hydrogen) atoms. The number of allylic oxidation sites excluding steroid dienone is 4. The first kappa shape index (κ1) is 13.2. The van der Waals surface area contributed by atoms with Crippen LogP contribution in [-0.4, -0.2) is 6.29 Å². The van der Waals surface area contributed by atoms with Gasteiger partial charge in [0.05, 0.1) is 0 Å². The Morgan fingerprint density at radius 1 is 1.56 bits per heavy atom. The predicted octanol–water partition coefficient (Wildman–Crippen LogP) is 4.15. The van der Waals surface area contributed by atoms with Crippen molar-refractivity contribution < 1.29 is 4.79 Å². The molecule has 0 saturated carbocycles. The molecule has 1 aliphatic carbocycles. The summed E-state index contributed by atoms with van der Waals surface area (Å²) < 4.78 is 0. The molecule has 0 N–H and O–H groups in total. The van der Waals surface area contributed by atoms with E-state index in [4.69, 9.17) is 0 Å². The van der Waals surface area contributed by atoms with Crippen LogP contribution < -0.4 is 0 Å². The van der Waals surface area contributed by atoms with Crippen molar-refractivity contribution in [1.82, 2.24) is 0 Å². The van der Waals surface area contributed by atoms with Gasteiger partial charge in [-0.05, 0) is 37.0 Å². The minimum Gasteiger partial charge on any atom is -0.303 e. The maximum atomic E-state index is 10.3. The Bertz CT molecular complexity index is 297. The Labute approximate surface area is 99.6 Å². The zero-order chi connectivity index (χ0) is 12.2. The highest BCUT2D eigenvalue weighted by molar-refractivity contribution is 5.50. The fourth-order valence-corrected chi connectivity index (χ4v) is 2.30. The average Bonchev–Trinajstić information content (AvgIpc) is 2.45. The molecule has 0 fully saturated rings. The molecule has 0 aromatic heterocycles. The molecule has 1 nitrogen and oxygen atoms in total. The summed E-state index contributed by atoms with van der Waals surface area (Å²) >= 11 is 0. The zero-order valence-corrected chi connectivity index (χ0v) is 11.0. The third-order valence-corrected chi connectivity index (χ3v) is 4.10. The molecule has 0 spiro atoms. The third-order valence-electron chi connectivity index (χ3n) is 4.10. The summed E-state index contributed by atoms with van der Waals surface area (Å²) in [5.74, 6) is 1.11. The van der Waals surface area contributed by atoms with E-state index in [-0.39, 0.29) is 0 Å². The van der Waals surface area contributed by atoms with Crippen LogP contribution in [0, 0.1) is 17.3 Å². The summed E-state index contributed by atoms with van der Waals surface area (Å²) in [5.41, 5.74) is 1.87. The fourth-order valence-electron chi connectivity index (χ4n) is 2.30. The maximum Gasteiger partial charge on any atom is 0.120 e. The first-order valence-electron chi connectivity index (χ1n) is 6.26. The second-order valence-corrected chi connectivity index (χ2v) is 5.58. The summed E-state index contributed by atoms with van der Waals surface area (Å²) in [6, 6.07) is 0. The molecule has 0 aliphatic heterocycles. The predicted molar refractivity (Wildman–Crippen MR) is 69.2 cm³/mol. The number of carbonyl (C=O) groups is 1. The molecule has 0 aromatic carbocycles. The number of hydrogen-bond donors (Lipinski definition) is 0. The van der Waals surface area contributed by atoms with Crippen LogP contribution in [0.2, 0.25) is 0 Å².